The van der Waals surface area contributed by atoms with Crippen LogP contribution < -0.4 is 5.56 Å². The first-order valence-electron chi connectivity index (χ1n) is 3.87. The van der Waals surface area contributed by atoms with Crippen LogP contribution in [0.25, 0.3) is 11.0 Å². The molecule has 2 aromatic heterocycles. The van der Waals surface area contributed by atoms with E-state index < -0.39 is 6.09 Å². The summed E-state index contributed by atoms with van der Waals surface area (Å²) in [4.78, 5) is 28.7. The third-order valence-corrected chi connectivity index (χ3v) is 1.85. The molecule has 0 spiro atoms. The second-order valence-corrected chi connectivity index (χ2v) is 2.63. The summed E-state index contributed by atoms with van der Waals surface area (Å²) in [6.07, 6.45) is 2.13. The summed E-state index contributed by atoms with van der Waals surface area (Å²) < 4.78 is 5.69. The largest absolute Gasteiger partial charge is 0.452 e. The van der Waals surface area contributed by atoms with Crippen molar-refractivity contribution in [2.75, 3.05) is 7.11 Å². The fourth-order valence-electron chi connectivity index (χ4n) is 1.20. The Hall–Kier alpha value is -2.11. The molecule has 0 bridgehead atoms. The molecule has 0 aliphatic carbocycles. The third kappa shape index (κ3) is 1.08. The van der Waals surface area contributed by atoms with E-state index in [0.29, 0.717) is 5.52 Å². The number of fused-ring (bicyclic) bond motifs is 1. The predicted octanol–water partition coefficient (Wildman–Crippen LogP) is 0.339. The Morgan fingerprint density at radius 3 is 3.14 bits per heavy atom. The number of carbonyl (C=O) groups excluding carboxylic acids is 1. The van der Waals surface area contributed by atoms with E-state index in [0.717, 1.165) is 0 Å². The standard InChI is InChI=1S/C8H7N3O3/c1-14-8(13)11-4-10-6-5(11)2-3-9-7(6)12/h2-4H,1H3,(H,9,12). The van der Waals surface area contributed by atoms with Crippen LogP contribution in [0.4, 0.5) is 4.79 Å². The van der Waals surface area contributed by atoms with E-state index in [9.17, 15) is 9.59 Å². The number of ether oxygens (including phenoxy) is 1. The number of nitrogens with one attached hydrogen (secondary N) is 1. The van der Waals surface area contributed by atoms with Crippen LogP contribution in [0.2, 0.25) is 0 Å². The van der Waals surface area contributed by atoms with Gasteiger partial charge in [0.1, 0.15) is 6.33 Å². The first kappa shape index (κ1) is 8.49. The number of aromatic amines is 1. The number of imidazole rings is 1. The summed E-state index contributed by atoms with van der Waals surface area (Å²) in [5.74, 6) is 0. The summed E-state index contributed by atoms with van der Waals surface area (Å²) in [5, 5.41) is 0. The first-order valence-corrected chi connectivity index (χ1v) is 3.87. The number of hydrogen-bond acceptors (Lipinski definition) is 4. The zero-order valence-electron chi connectivity index (χ0n) is 7.35. The minimum Gasteiger partial charge on any atom is -0.452 e. The third-order valence-electron chi connectivity index (χ3n) is 1.85. The highest BCUT2D eigenvalue weighted by Gasteiger charge is 2.10. The number of methoxy groups -OCH3 is 1. The highest BCUT2D eigenvalue weighted by atomic mass is 16.5. The monoisotopic (exact) mass is 193 g/mol. The maximum absolute atomic E-state index is 11.2. The predicted molar refractivity (Wildman–Crippen MR) is 48.2 cm³/mol. The first-order chi connectivity index (χ1) is 6.74. The van der Waals surface area contributed by atoms with E-state index >= 15 is 0 Å². The minimum absolute atomic E-state index is 0.220. The van der Waals surface area contributed by atoms with Crippen LogP contribution in [0.5, 0.6) is 0 Å². The summed E-state index contributed by atoms with van der Waals surface area (Å²) in [7, 11) is 1.27. The van der Waals surface area contributed by atoms with Crippen LogP contribution in [0, 0.1) is 0 Å². The van der Waals surface area contributed by atoms with Crippen LogP contribution in [-0.4, -0.2) is 27.7 Å². The molecule has 2 aromatic rings. The van der Waals surface area contributed by atoms with Crippen LogP contribution in [-0.2, 0) is 4.74 Å². The van der Waals surface area contributed by atoms with E-state index in [-0.39, 0.29) is 11.1 Å². The van der Waals surface area contributed by atoms with Gasteiger partial charge >= 0.3 is 6.09 Å². The molecule has 0 unspecified atom stereocenters. The van der Waals surface area contributed by atoms with Gasteiger partial charge in [-0.1, -0.05) is 0 Å². The van der Waals surface area contributed by atoms with Gasteiger partial charge in [0.15, 0.2) is 5.52 Å². The zero-order valence-corrected chi connectivity index (χ0v) is 7.35. The summed E-state index contributed by atoms with van der Waals surface area (Å²) in [5.41, 5.74) is 0.323. The van der Waals surface area contributed by atoms with E-state index in [1.807, 2.05) is 0 Å². The Bertz CT molecular complexity index is 540. The number of carbonyl (C=O) groups is 1. The van der Waals surface area contributed by atoms with Crippen LogP contribution in [0.15, 0.2) is 23.4 Å². The molecule has 0 saturated heterocycles. The molecule has 0 aromatic carbocycles. The highest BCUT2D eigenvalue weighted by Crippen LogP contribution is 2.06. The van der Waals surface area contributed by atoms with Gasteiger partial charge in [0.05, 0.1) is 12.6 Å². The normalized spacial score (nSPS) is 10.4. The molecule has 0 fully saturated rings. The van der Waals surface area contributed by atoms with Gasteiger partial charge in [0, 0.05) is 6.20 Å². The summed E-state index contributed by atoms with van der Waals surface area (Å²) in [6, 6.07) is 1.58. The Morgan fingerprint density at radius 2 is 2.43 bits per heavy atom. The molecule has 0 amide bonds. The van der Waals surface area contributed by atoms with E-state index in [4.69, 9.17) is 0 Å². The number of rotatable bonds is 0. The second-order valence-electron chi connectivity index (χ2n) is 2.63. The Balaban J connectivity index is 2.76. The molecule has 0 atom stereocenters. The number of hydrogen-bond donors (Lipinski definition) is 1. The molecule has 2 rings (SSSR count). The molecule has 0 aliphatic heterocycles. The van der Waals surface area contributed by atoms with Gasteiger partial charge in [-0.05, 0) is 6.07 Å². The van der Waals surface area contributed by atoms with Crippen molar-refractivity contribution in [3.05, 3.63) is 28.9 Å². The van der Waals surface area contributed by atoms with E-state index in [1.54, 1.807) is 6.07 Å². The average molecular weight is 193 g/mol. The SMILES string of the molecule is COC(=O)n1cnc2c(=O)[nH]ccc21. The molecule has 0 radical (unpaired) electrons. The number of nitrogens with zero attached hydrogens (tertiary/aromatic N) is 2. The van der Waals surface area contributed by atoms with Gasteiger partial charge in [0.2, 0.25) is 0 Å². The molecule has 6 nitrogen and oxygen atoms in total. The molecule has 0 saturated carbocycles. The van der Waals surface area contributed by atoms with Crippen molar-refractivity contribution >= 4 is 17.1 Å². The minimum atomic E-state index is -0.571. The van der Waals surface area contributed by atoms with Gasteiger partial charge in [-0.2, -0.15) is 0 Å². The molecule has 1 N–H and O–H groups in total. The van der Waals surface area contributed by atoms with Crippen LogP contribution in [0.3, 0.4) is 0 Å². The number of pyridine rings is 1. The molecular formula is C8H7N3O3. The molecule has 14 heavy (non-hydrogen) atoms. The van der Waals surface area contributed by atoms with Gasteiger partial charge in [0.25, 0.3) is 5.56 Å². The van der Waals surface area contributed by atoms with Crippen molar-refractivity contribution < 1.29 is 9.53 Å². The Labute approximate surface area is 78.1 Å². The lowest BCUT2D eigenvalue weighted by atomic mass is 10.4. The van der Waals surface area contributed by atoms with Gasteiger partial charge in [-0.15, -0.1) is 0 Å². The molecule has 0 aliphatic rings. The van der Waals surface area contributed by atoms with Crippen LogP contribution >= 0.6 is 0 Å². The van der Waals surface area contributed by atoms with Crippen molar-refractivity contribution in [1.29, 1.82) is 0 Å². The molecule has 2 heterocycles. The molecular weight excluding hydrogens is 186 g/mol. The average Bonchev–Trinajstić information content (AvgIpc) is 2.62. The van der Waals surface area contributed by atoms with Gasteiger partial charge in [-0.3, -0.25) is 4.79 Å². The number of aromatic nitrogens is 3. The van der Waals surface area contributed by atoms with Gasteiger partial charge in [-0.25, -0.2) is 14.3 Å². The number of H-pyrrole nitrogens is 1. The van der Waals surface area contributed by atoms with Crippen molar-refractivity contribution in [2.24, 2.45) is 0 Å². The zero-order chi connectivity index (χ0) is 10.1. The smallest absolute Gasteiger partial charge is 0.419 e. The van der Waals surface area contributed by atoms with Crippen molar-refractivity contribution in [1.82, 2.24) is 14.5 Å². The maximum atomic E-state index is 11.2. The molecule has 72 valence electrons. The summed E-state index contributed by atoms with van der Waals surface area (Å²) in [6.45, 7) is 0. The van der Waals surface area contributed by atoms with Crippen LogP contribution in [0.1, 0.15) is 0 Å². The second kappa shape index (κ2) is 2.99. The quantitative estimate of drug-likeness (QED) is 0.654. The lowest BCUT2D eigenvalue weighted by Crippen LogP contribution is -2.11. The lowest BCUT2D eigenvalue weighted by molar-refractivity contribution is 0.174. The highest BCUT2D eigenvalue weighted by molar-refractivity contribution is 5.85. The Kier molecular flexibility index (Phi) is 1.81. The maximum Gasteiger partial charge on any atom is 0.419 e. The van der Waals surface area contributed by atoms with Crippen molar-refractivity contribution in [2.45, 2.75) is 0 Å². The fourth-order valence-corrected chi connectivity index (χ4v) is 1.20. The van der Waals surface area contributed by atoms with Gasteiger partial charge < -0.3 is 9.72 Å². The fraction of sp³-hybridized carbons (Fsp3) is 0.125. The van der Waals surface area contributed by atoms with E-state index in [1.165, 1.54) is 24.2 Å². The van der Waals surface area contributed by atoms with E-state index in [2.05, 4.69) is 14.7 Å². The molecule has 6 heteroatoms. The lowest BCUT2D eigenvalue weighted by Gasteiger charge is -1.98. The topological polar surface area (TPSA) is 77.0 Å². The van der Waals surface area contributed by atoms with Crippen molar-refractivity contribution in [3.63, 3.8) is 0 Å². The Morgan fingerprint density at radius 1 is 1.64 bits per heavy atom. The summed E-state index contributed by atoms with van der Waals surface area (Å²) >= 11 is 0. The van der Waals surface area contributed by atoms with Crippen molar-refractivity contribution in [3.8, 4) is 0 Å².